The molecule has 0 bridgehead atoms. The van der Waals surface area contributed by atoms with Crippen LogP contribution in [0.15, 0.2) is 48.5 Å². The van der Waals surface area contributed by atoms with Crippen molar-refractivity contribution in [2.24, 2.45) is 0 Å². The van der Waals surface area contributed by atoms with Crippen LogP contribution in [0.4, 0.5) is 30.6 Å². The maximum Gasteiger partial charge on any atom is 0.387 e. The van der Waals surface area contributed by atoms with Gasteiger partial charge in [0.05, 0.1) is 0 Å². The maximum atomic E-state index is 12.1. The lowest BCUT2D eigenvalue weighted by Gasteiger charge is -2.28. The number of urea groups is 1. The summed E-state index contributed by atoms with van der Waals surface area (Å²) in [4.78, 5) is 14.4. The van der Waals surface area contributed by atoms with E-state index in [2.05, 4.69) is 20.3 Å². The fourth-order valence-corrected chi connectivity index (χ4v) is 2.92. The Hall–Kier alpha value is -2.83. The van der Waals surface area contributed by atoms with E-state index >= 15 is 0 Å². The number of alkyl halides is 2. The number of nitrogens with one attached hydrogen (secondary N) is 2. The minimum Gasteiger partial charge on any atom is -0.435 e. The van der Waals surface area contributed by atoms with Crippen molar-refractivity contribution in [3.8, 4) is 5.75 Å². The topological polar surface area (TPSA) is 53.6 Å². The Morgan fingerprint density at radius 2 is 1.42 bits per heavy atom. The first kappa shape index (κ1) is 18.0. The molecule has 3 rings (SSSR count). The third-order valence-electron chi connectivity index (χ3n) is 4.18. The number of benzene rings is 2. The number of ether oxygens (including phenoxy) is 1. The fourth-order valence-electron chi connectivity index (χ4n) is 2.92. The third kappa shape index (κ3) is 5.08. The van der Waals surface area contributed by atoms with E-state index in [1.807, 2.05) is 24.3 Å². The number of hydrogen-bond acceptors (Lipinski definition) is 3. The Bertz CT molecular complexity index is 715. The molecular formula is C19H21F2N3O2. The van der Waals surface area contributed by atoms with Crippen molar-refractivity contribution in [1.29, 1.82) is 0 Å². The SMILES string of the molecule is O=C(Nc1ccc(OC(F)F)cc1)Nc1ccc(N2CCCCC2)cc1. The van der Waals surface area contributed by atoms with Crippen LogP contribution in [0.2, 0.25) is 0 Å². The van der Waals surface area contributed by atoms with Gasteiger partial charge in [0.25, 0.3) is 0 Å². The van der Waals surface area contributed by atoms with Gasteiger partial charge < -0.3 is 20.3 Å². The molecule has 1 fully saturated rings. The summed E-state index contributed by atoms with van der Waals surface area (Å²) in [6.45, 7) is -0.734. The monoisotopic (exact) mass is 361 g/mol. The van der Waals surface area contributed by atoms with Crippen LogP contribution in [-0.4, -0.2) is 25.7 Å². The number of carbonyl (C=O) groups is 1. The summed E-state index contributed by atoms with van der Waals surface area (Å²) in [5.74, 6) is 0.0410. The minimum absolute atomic E-state index is 0.0410. The van der Waals surface area contributed by atoms with Crippen molar-refractivity contribution in [3.05, 3.63) is 48.5 Å². The van der Waals surface area contributed by atoms with Crippen molar-refractivity contribution in [1.82, 2.24) is 0 Å². The molecule has 0 spiro atoms. The average molecular weight is 361 g/mol. The zero-order valence-corrected chi connectivity index (χ0v) is 14.3. The molecule has 2 aromatic carbocycles. The number of carbonyl (C=O) groups excluding carboxylic acids is 1. The molecule has 138 valence electrons. The highest BCUT2D eigenvalue weighted by Crippen LogP contribution is 2.22. The van der Waals surface area contributed by atoms with Gasteiger partial charge in [-0.3, -0.25) is 0 Å². The van der Waals surface area contributed by atoms with Gasteiger partial charge in [0.2, 0.25) is 0 Å². The van der Waals surface area contributed by atoms with Crippen molar-refractivity contribution in [2.75, 3.05) is 28.6 Å². The van der Waals surface area contributed by atoms with Crippen molar-refractivity contribution in [2.45, 2.75) is 25.9 Å². The van der Waals surface area contributed by atoms with Crippen LogP contribution in [0.3, 0.4) is 0 Å². The van der Waals surface area contributed by atoms with Gasteiger partial charge in [-0.05, 0) is 67.8 Å². The lowest BCUT2D eigenvalue weighted by Crippen LogP contribution is -2.29. The second-order valence-corrected chi connectivity index (χ2v) is 6.08. The summed E-state index contributed by atoms with van der Waals surface area (Å²) in [6.07, 6.45) is 3.71. The highest BCUT2D eigenvalue weighted by atomic mass is 19.3. The van der Waals surface area contributed by atoms with Crippen molar-refractivity contribution < 1.29 is 18.3 Å². The number of amides is 2. The van der Waals surface area contributed by atoms with E-state index in [0.29, 0.717) is 11.4 Å². The van der Waals surface area contributed by atoms with E-state index in [1.165, 1.54) is 43.5 Å². The van der Waals surface area contributed by atoms with Gasteiger partial charge in [-0.15, -0.1) is 0 Å². The summed E-state index contributed by atoms with van der Waals surface area (Å²) in [5, 5.41) is 5.39. The summed E-state index contributed by atoms with van der Waals surface area (Å²) >= 11 is 0. The summed E-state index contributed by atoms with van der Waals surface area (Å²) in [7, 11) is 0. The second-order valence-electron chi connectivity index (χ2n) is 6.08. The molecular weight excluding hydrogens is 340 g/mol. The molecule has 1 aliphatic heterocycles. The summed E-state index contributed by atoms with van der Waals surface area (Å²) in [6, 6.07) is 13.1. The predicted molar refractivity (Wildman–Crippen MR) is 98.2 cm³/mol. The number of piperidine rings is 1. The van der Waals surface area contributed by atoms with Gasteiger partial charge in [-0.25, -0.2) is 4.79 Å². The Kier molecular flexibility index (Phi) is 5.88. The molecule has 0 saturated carbocycles. The Morgan fingerprint density at radius 3 is 1.96 bits per heavy atom. The first-order valence-electron chi connectivity index (χ1n) is 8.58. The highest BCUT2D eigenvalue weighted by Gasteiger charge is 2.11. The summed E-state index contributed by atoms with van der Waals surface area (Å²) < 4.78 is 28.5. The first-order chi connectivity index (χ1) is 12.6. The first-order valence-corrected chi connectivity index (χ1v) is 8.58. The molecule has 0 aliphatic carbocycles. The zero-order valence-electron chi connectivity index (χ0n) is 14.3. The van der Waals surface area contributed by atoms with E-state index in [-0.39, 0.29) is 5.75 Å². The number of rotatable bonds is 5. The quantitative estimate of drug-likeness (QED) is 0.795. The molecule has 2 N–H and O–H groups in total. The highest BCUT2D eigenvalue weighted by molar-refractivity contribution is 5.99. The molecule has 1 aliphatic rings. The van der Waals surface area contributed by atoms with E-state index < -0.39 is 12.6 Å². The van der Waals surface area contributed by atoms with Gasteiger partial charge in [0.1, 0.15) is 5.75 Å². The van der Waals surface area contributed by atoms with Gasteiger partial charge in [-0.1, -0.05) is 0 Å². The molecule has 2 amide bonds. The van der Waals surface area contributed by atoms with Gasteiger partial charge in [-0.2, -0.15) is 8.78 Å². The minimum atomic E-state index is -2.87. The molecule has 5 nitrogen and oxygen atoms in total. The predicted octanol–water partition coefficient (Wildman–Crippen LogP) is 4.92. The lowest BCUT2D eigenvalue weighted by molar-refractivity contribution is -0.0498. The number of hydrogen-bond donors (Lipinski definition) is 2. The van der Waals surface area contributed by atoms with E-state index in [0.717, 1.165) is 18.8 Å². The van der Waals surface area contributed by atoms with Gasteiger partial charge in [0.15, 0.2) is 0 Å². The third-order valence-corrected chi connectivity index (χ3v) is 4.18. The van der Waals surface area contributed by atoms with Crippen LogP contribution in [0.25, 0.3) is 0 Å². The molecule has 0 atom stereocenters. The van der Waals surface area contributed by atoms with Crippen LogP contribution >= 0.6 is 0 Å². The molecule has 1 saturated heterocycles. The Morgan fingerprint density at radius 1 is 0.885 bits per heavy atom. The number of anilines is 3. The molecule has 1 heterocycles. The molecule has 0 unspecified atom stereocenters. The van der Waals surface area contributed by atoms with Crippen LogP contribution in [-0.2, 0) is 0 Å². The van der Waals surface area contributed by atoms with E-state index in [4.69, 9.17) is 0 Å². The zero-order chi connectivity index (χ0) is 18.4. The molecule has 0 radical (unpaired) electrons. The largest absolute Gasteiger partial charge is 0.435 e. The Labute approximate surface area is 151 Å². The molecule has 7 heteroatoms. The fraction of sp³-hybridized carbons (Fsp3) is 0.316. The van der Waals surface area contributed by atoms with Crippen molar-refractivity contribution >= 4 is 23.1 Å². The number of nitrogens with zero attached hydrogens (tertiary/aromatic N) is 1. The smallest absolute Gasteiger partial charge is 0.387 e. The van der Waals surface area contributed by atoms with E-state index in [9.17, 15) is 13.6 Å². The average Bonchev–Trinajstić information content (AvgIpc) is 2.64. The normalized spacial score (nSPS) is 14.2. The van der Waals surface area contributed by atoms with Crippen molar-refractivity contribution in [3.63, 3.8) is 0 Å². The Balaban J connectivity index is 1.52. The van der Waals surface area contributed by atoms with Crippen LogP contribution < -0.4 is 20.3 Å². The number of halogens is 2. The van der Waals surface area contributed by atoms with Crippen LogP contribution in [0.1, 0.15) is 19.3 Å². The van der Waals surface area contributed by atoms with Crippen LogP contribution in [0, 0.1) is 0 Å². The van der Waals surface area contributed by atoms with Crippen LogP contribution in [0.5, 0.6) is 5.75 Å². The van der Waals surface area contributed by atoms with Gasteiger partial charge >= 0.3 is 12.6 Å². The maximum absolute atomic E-state index is 12.1. The van der Waals surface area contributed by atoms with Gasteiger partial charge in [0, 0.05) is 30.2 Å². The lowest BCUT2D eigenvalue weighted by atomic mass is 10.1. The molecule has 0 aromatic heterocycles. The standard InChI is InChI=1S/C19H21F2N3O2/c20-18(21)26-17-10-6-15(7-11-17)23-19(25)22-14-4-8-16(9-5-14)24-12-2-1-3-13-24/h4-11,18H,1-3,12-13H2,(H2,22,23,25). The van der Waals surface area contributed by atoms with E-state index in [1.54, 1.807) is 0 Å². The summed E-state index contributed by atoms with van der Waals surface area (Å²) in [5.41, 5.74) is 2.32. The molecule has 26 heavy (non-hydrogen) atoms. The molecule has 2 aromatic rings. The second kappa shape index (κ2) is 8.51.